The lowest BCUT2D eigenvalue weighted by molar-refractivity contribution is 0.240. The quantitative estimate of drug-likeness (QED) is 0.695. The van der Waals surface area contributed by atoms with Crippen molar-refractivity contribution in [1.29, 1.82) is 0 Å². The molecule has 0 aromatic rings. The average Bonchev–Trinajstić information content (AvgIpc) is 2.63. The standard InChI is InChI=1S/C11H23N3/c1-14-8-2-3-11(14)13-9-10-4-6-12-7-5-10/h10-13H,2-9H2,1H3. The summed E-state index contributed by atoms with van der Waals surface area (Å²) in [4.78, 5) is 2.45. The van der Waals surface area contributed by atoms with Gasteiger partial charge in [-0.05, 0) is 64.8 Å². The number of likely N-dealkylation sites (tertiary alicyclic amines) is 1. The van der Waals surface area contributed by atoms with E-state index in [4.69, 9.17) is 0 Å². The second-order valence-electron chi connectivity index (χ2n) is 4.74. The molecule has 82 valence electrons. The molecule has 14 heavy (non-hydrogen) atoms. The van der Waals surface area contributed by atoms with Gasteiger partial charge in [-0.25, -0.2) is 0 Å². The Kier molecular flexibility index (Phi) is 3.79. The Bertz CT molecular complexity index is 166. The second-order valence-corrected chi connectivity index (χ2v) is 4.74. The van der Waals surface area contributed by atoms with E-state index in [2.05, 4.69) is 22.6 Å². The molecule has 2 aliphatic heterocycles. The van der Waals surface area contributed by atoms with Crippen LogP contribution in [-0.2, 0) is 0 Å². The van der Waals surface area contributed by atoms with Crippen LogP contribution >= 0.6 is 0 Å². The summed E-state index contributed by atoms with van der Waals surface area (Å²) in [5.74, 6) is 0.908. The van der Waals surface area contributed by atoms with Crippen LogP contribution in [0.4, 0.5) is 0 Å². The Morgan fingerprint density at radius 3 is 2.71 bits per heavy atom. The Morgan fingerprint density at radius 1 is 1.29 bits per heavy atom. The summed E-state index contributed by atoms with van der Waals surface area (Å²) in [5, 5.41) is 7.11. The number of nitrogens with one attached hydrogen (secondary N) is 2. The highest BCUT2D eigenvalue weighted by Gasteiger charge is 2.21. The van der Waals surface area contributed by atoms with E-state index in [-0.39, 0.29) is 0 Å². The zero-order valence-electron chi connectivity index (χ0n) is 9.26. The van der Waals surface area contributed by atoms with Crippen LogP contribution in [0, 0.1) is 5.92 Å². The highest BCUT2D eigenvalue weighted by molar-refractivity contribution is 4.77. The first-order valence-corrected chi connectivity index (χ1v) is 6.00. The van der Waals surface area contributed by atoms with Crippen LogP contribution in [0.1, 0.15) is 25.7 Å². The predicted octanol–water partition coefficient (Wildman–Crippen LogP) is 0.627. The van der Waals surface area contributed by atoms with Crippen LogP contribution in [-0.4, -0.2) is 44.3 Å². The van der Waals surface area contributed by atoms with E-state index < -0.39 is 0 Å². The highest BCUT2D eigenvalue weighted by atomic mass is 15.3. The van der Waals surface area contributed by atoms with Crippen LogP contribution < -0.4 is 10.6 Å². The molecule has 2 saturated heterocycles. The summed E-state index contributed by atoms with van der Waals surface area (Å²) < 4.78 is 0. The fourth-order valence-corrected chi connectivity index (χ4v) is 2.56. The molecule has 1 unspecified atom stereocenters. The molecule has 0 spiro atoms. The van der Waals surface area contributed by atoms with E-state index in [1.54, 1.807) is 0 Å². The molecule has 0 bridgehead atoms. The third kappa shape index (κ3) is 2.69. The van der Waals surface area contributed by atoms with Gasteiger partial charge in [-0.2, -0.15) is 0 Å². The van der Waals surface area contributed by atoms with Crippen LogP contribution in [0.5, 0.6) is 0 Å². The van der Waals surface area contributed by atoms with Gasteiger partial charge in [0.2, 0.25) is 0 Å². The maximum atomic E-state index is 3.70. The van der Waals surface area contributed by atoms with Gasteiger partial charge >= 0.3 is 0 Å². The molecule has 0 aromatic heterocycles. The molecule has 3 nitrogen and oxygen atoms in total. The second kappa shape index (κ2) is 5.10. The summed E-state index contributed by atoms with van der Waals surface area (Å²) >= 11 is 0. The smallest absolute Gasteiger partial charge is 0.0595 e. The third-order valence-corrected chi connectivity index (χ3v) is 3.62. The van der Waals surface area contributed by atoms with E-state index >= 15 is 0 Å². The fraction of sp³-hybridized carbons (Fsp3) is 1.00. The average molecular weight is 197 g/mol. The SMILES string of the molecule is CN1CCCC1NCC1CCNCC1. The minimum absolute atomic E-state index is 0.657. The monoisotopic (exact) mass is 197 g/mol. The zero-order chi connectivity index (χ0) is 9.80. The summed E-state index contributed by atoms with van der Waals surface area (Å²) in [6.45, 7) is 4.92. The maximum Gasteiger partial charge on any atom is 0.0595 e. The maximum absolute atomic E-state index is 3.70. The van der Waals surface area contributed by atoms with Crippen LogP contribution in [0.2, 0.25) is 0 Å². The molecule has 0 aliphatic carbocycles. The van der Waals surface area contributed by atoms with E-state index in [9.17, 15) is 0 Å². The van der Waals surface area contributed by atoms with Gasteiger partial charge in [0.1, 0.15) is 0 Å². The summed E-state index contributed by atoms with van der Waals surface area (Å²) in [5.41, 5.74) is 0. The molecular formula is C11H23N3. The molecule has 0 aromatic carbocycles. The summed E-state index contributed by atoms with van der Waals surface area (Å²) in [6, 6.07) is 0. The predicted molar refractivity (Wildman–Crippen MR) is 59.2 cm³/mol. The van der Waals surface area contributed by atoms with Gasteiger partial charge in [-0.1, -0.05) is 0 Å². The van der Waals surface area contributed by atoms with E-state index in [0.717, 1.165) is 5.92 Å². The zero-order valence-corrected chi connectivity index (χ0v) is 9.26. The Labute approximate surface area is 87.2 Å². The Morgan fingerprint density at radius 2 is 2.07 bits per heavy atom. The van der Waals surface area contributed by atoms with Crippen molar-refractivity contribution < 1.29 is 0 Å². The Hall–Kier alpha value is -0.120. The summed E-state index contributed by atoms with van der Waals surface area (Å²) in [6.07, 6.45) is 6.05. The molecule has 2 aliphatic rings. The lowest BCUT2D eigenvalue weighted by Crippen LogP contribution is -2.43. The molecule has 1 atom stereocenters. The number of hydrogen-bond acceptors (Lipinski definition) is 3. The molecular weight excluding hydrogens is 174 g/mol. The van der Waals surface area contributed by atoms with E-state index in [1.165, 1.54) is 51.9 Å². The minimum atomic E-state index is 0.657. The highest BCUT2D eigenvalue weighted by Crippen LogP contribution is 2.14. The summed E-state index contributed by atoms with van der Waals surface area (Å²) in [7, 11) is 2.23. The van der Waals surface area contributed by atoms with Gasteiger partial charge in [-0.15, -0.1) is 0 Å². The molecule has 2 rings (SSSR count). The van der Waals surface area contributed by atoms with Crippen molar-refractivity contribution in [1.82, 2.24) is 15.5 Å². The van der Waals surface area contributed by atoms with Crippen LogP contribution in [0.3, 0.4) is 0 Å². The number of piperidine rings is 1. The first kappa shape index (κ1) is 10.4. The van der Waals surface area contributed by atoms with Gasteiger partial charge < -0.3 is 10.6 Å². The van der Waals surface area contributed by atoms with Gasteiger partial charge in [-0.3, -0.25) is 4.90 Å². The van der Waals surface area contributed by atoms with Crippen molar-refractivity contribution >= 4 is 0 Å². The van der Waals surface area contributed by atoms with Gasteiger partial charge in [0.05, 0.1) is 6.17 Å². The Balaban J connectivity index is 1.65. The normalized spacial score (nSPS) is 31.1. The van der Waals surface area contributed by atoms with Crippen molar-refractivity contribution in [2.75, 3.05) is 33.2 Å². The van der Waals surface area contributed by atoms with Gasteiger partial charge in [0.15, 0.2) is 0 Å². The third-order valence-electron chi connectivity index (χ3n) is 3.62. The number of rotatable bonds is 3. The number of nitrogens with zero attached hydrogens (tertiary/aromatic N) is 1. The lowest BCUT2D eigenvalue weighted by Gasteiger charge is -2.27. The first-order chi connectivity index (χ1) is 6.86. The number of hydrogen-bond donors (Lipinski definition) is 2. The molecule has 0 radical (unpaired) electrons. The topological polar surface area (TPSA) is 27.3 Å². The minimum Gasteiger partial charge on any atom is -0.317 e. The van der Waals surface area contributed by atoms with Gasteiger partial charge in [0, 0.05) is 0 Å². The molecule has 2 heterocycles. The first-order valence-electron chi connectivity index (χ1n) is 6.00. The molecule has 2 fully saturated rings. The molecule has 0 amide bonds. The molecule has 3 heteroatoms. The van der Waals surface area contributed by atoms with E-state index in [0.29, 0.717) is 6.17 Å². The van der Waals surface area contributed by atoms with Crippen LogP contribution in [0.25, 0.3) is 0 Å². The lowest BCUT2D eigenvalue weighted by atomic mass is 9.98. The largest absolute Gasteiger partial charge is 0.317 e. The fourth-order valence-electron chi connectivity index (χ4n) is 2.56. The van der Waals surface area contributed by atoms with Crippen molar-refractivity contribution in [3.8, 4) is 0 Å². The van der Waals surface area contributed by atoms with Gasteiger partial charge in [0.25, 0.3) is 0 Å². The van der Waals surface area contributed by atoms with Crippen molar-refractivity contribution in [2.24, 2.45) is 5.92 Å². The molecule has 0 saturated carbocycles. The van der Waals surface area contributed by atoms with Crippen molar-refractivity contribution in [3.63, 3.8) is 0 Å². The van der Waals surface area contributed by atoms with Crippen molar-refractivity contribution in [3.05, 3.63) is 0 Å². The van der Waals surface area contributed by atoms with Crippen LogP contribution in [0.15, 0.2) is 0 Å². The van der Waals surface area contributed by atoms with Crippen molar-refractivity contribution in [2.45, 2.75) is 31.8 Å². The van der Waals surface area contributed by atoms with E-state index in [1.807, 2.05) is 0 Å². The molecule has 2 N–H and O–H groups in total.